The lowest BCUT2D eigenvalue weighted by atomic mass is 9.94. The summed E-state index contributed by atoms with van der Waals surface area (Å²) >= 11 is 0. The van der Waals surface area contributed by atoms with E-state index in [0.717, 1.165) is 34.8 Å². The topological polar surface area (TPSA) is 38.8 Å². The van der Waals surface area contributed by atoms with Crippen LogP contribution in [0.4, 0.5) is 4.79 Å². The molecule has 0 fully saturated rings. The first kappa shape index (κ1) is 22.1. The average Bonchev–Trinajstić information content (AvgIpc) is 2.64. The maximum absolute atomic E-state index is 12.7. The van der Waals surface area contributed by atoms with Crippen LogP contribution in [-0.4, -0.2) is 47.2 Å². The van der Waals surface area contributed by atoms with E-state index in [-0.39, 0.29) is 6.09 Å². The van der Waals surface area contributed by atoms with E-state index >= 15 is 0 Å². The molecular formula is C22H30BNO3Si. The minimum absolute atomic E-state index is 0.266. The fourth-order valence-corrected chi connectivity index (χ4v) is 3.45. The molecule has 0 heterocycles. The minimum Gasteiger partial charge on any atom is -0.497 e. The van der Waals surface area contributed by atoms with Crippen LogP contribution in [0, 0.1) is 0 Å². The zero-order valence-corrected chi connectivity index (χ0v) is 18.4. The summed E-state index contributed by atoms with van der Waals surface area (Å²) in [6.45, 7) is 8.37. The number of hydrogen-bond donors (Lipinski definition) is 0. The first-order valence-corrected chi connectivity index (χ1v) is 13.4. The first-order valence-electron chi connectivity index (χ1n) is 9.66. The number of methoxy groups -OCH3 is 1. The van der Waals surface area contributed by atoms with E-state index in [4.69, 9.17) is 17.3 Å². The average molecular weight is 395 g/mol. The second-order valence-electron chi connectivity index (χ2n) is 8.19. The van der Waals surface area contributed by atoms with Crippen molar-refractivity contribution in [2.45, 2.75) is 38.7 Å². The van der Waals surface area contributed by atoms with Crippen molar-refractivity contribution in [1.82, 2.24) is 4.90 Å². The Balaban J connectivity index is 2.03. The van der Waals surface area contributed by atoms with Gasteiger partial charge in [0.25, 0.3) is 0 Å². The normalized spacial score (nSPS) is 11.1. The molecule has 2 radical (unpaired) electrons. The largest absolute Gasteiger partial charge is 0.497 e. The fraction of sp³-hybridized carbons (Fsp3) is 0.409. The molecule has 148 valence electrons. The molecule has 0 atom stereocenters. The zero-order valence-electron chi connectivity index (χ0n) is 17.4. The van der Waals surface area contributed by atoms with Crippen molar-refractivity contribution in [3.05, 3.63) is 59.7 Å². The van der Waals surface area contributed by atoms with Gasteiger partial charge in [-0.1, -0.05) is 61.5 Å². The number of nitrogens with zero attached hydrogens (tertiary/aromatic N) is 1. The van der Waals surface area contributed by atoms with E-state index in [0.29, 0.717) is 19.7 Å². The predicted molar refractivity (Wildman–Crippen MR) is 118 cm³/mol. The van der Waals surface area contributed by atoms with E-state index in [2.05, 4.69) is 19.6 Å². The molecule has 0 aliphatic heterocycles. The van der Waals surface area contributed by atoms with Gasteiger partial charge in [-0.2, -0.15) is 0 Å². The summed E-state index contributed by atoms with van der Waals surface area (Å²) in [4.78, 5) is 14.5. The third kappa shape index (κ3) is 7.81. The molecule has 28 heavy (non-hydrogen) atoms. The third-order valence-electron chi connectivity index (χ3n) is 4.49. The van der Waals surface area contributed by atoms with Crippen molar-refractivity contribution in [1.29, 1.82) is 0 Å². The van der Waals surface area contributed by atoms with Crippen LogP contribution in [0.25, 0.3) is 0 Å². The molecule has 0 spiro atoms. The summed E-state index contributed by atoms with van der Waals surface area (Å²) in [5.74, 6) is 0.799. The van der Waals surface area contributed by atoms with Crippen molar-refractivity contribution in [3.8, 4) is 5.75 Å². The Kier molecular flexibility index (Phi) is 8.18. The molecule has 0 aromatic heterocycles. The molecule has 2 aromatic carbocycles. The van der Waals surface area contributed by atoms with Gasteiger partial charge >= 0.3 is 6.09 Å². The number of amides is 1. The summed E-state index contributed by atoms with van der Waals surface area (Å²) in [6.07, 6.45) is 0.461. The Labute approximate surface area is 171 Å². The fourth-order valence-electron chi connectivity index (χ4n) is 2.73. The highest BCUT2D eigenvalue weighted by Gasteiger charge is 2.18. The lowest BCUT2D eigenvalue weighted by Gasteiger charge is -2.24. The monoisotopic (exact) mass is 395 g/mol. The van der Waals surface area contributed by atoms with Crippen LogP contribution in [0.3, 0.4) is 0 Å². The van der Waals surface area contributed by atoms with Gasteiger partial charge in [-0.05, 0) is 35.7 Å². The van der Waals surface area contributed by atoms with E-state index in [1.54, 1.807) is 12.0 Å². The van der Waals surface area contributed by atoms with E-state index in [9.17, 15) is 4.79 Å². The molecule has 4 nitrogen and oxygen atoms in total. The third-order valence-corrected chi connectivity index (χ3v) is 6.19. The van der Waals surface area contributed by atoms with Gasteiger partial charge in [0, 0.05) is 21.2 Å². The smallest absolute Gasteiger partial charge is 0.410 e. The van der Waals surface area contributed by atoms with E-state index < -0.39 is 8.07 Å². The second-order valence-corrected chi connectivity index (χ2v) is 13.8. The van der Waals surface area contributed by atoms with E-state index in [1.165, 1.54) is 0 Å². The van der Waals surface area contributed by atoms with Gasteiger partial charge in [-0.3, -0.25) is 0 Å². The van der Waals surface area contributed by atoms with Crippen LogP contribution in [0.2, 0.25) is 25.7 Å². The Morgan fingerprint density at radius 3 is 2.39 bits per heavy atom. The van der Waals surface area contributed by atoms with Crippen LogP contribution >= 0.6 is 0 Å². The van der Waals surface area contributed by atoms with Crippen molar-refractivity contribution >= 4 is 27.5 Å². The Morgan fingerprint density at radius 2 is 1.79 bits per heavy atom. The number of carbonyl (C=O) groups is 1. The minimum atomic E-state index is -1.24. The Morgan fingerprint density at radius 1 is 1.07 bits per heavy atom. The maximum atomic E-state index is 12.7. The standard InChI is InChI=1S/C22H30BNO3Si/c1-26-21-10-8-19(9-11-21)17-24(22(25)27-14-15-28(2,3)4)13-12-18-6-5-7-20(23)16-18/h5-11,16H,12-15,17H2,1-4H3. The summed E-state index contributed by atoms with van der Waals surface area (Å²) in [5.41, 5.74) is 2.88. The van der Waals surface area contributed by atoms with Gasteiger partial charge < -0.3 is 14.4 Å². The summed E-state index contributed by atoms with van der Waals surface area (Å²) in [5, 5.41) is 0. The van der Waals surface area contributed by atoms with Gasteiger partial charge in [0.15, 0.2) is 0 Å². The van der Waals surface area contributed by atoms with Crippen molar-refractivity contribution in [3.63, 3.8) is 0 Å². The van der Waals surface area contributed by atoms with E-state index in [1.807, 2.05) is 48.5 Å². The van der Waals surface area contributed by atoms with Crippen LogP contribution in [-0.2, 0) is 17.7 Å². The molecule has 6 heteroatoms. The van der Waals surface area contributed by atoms with Gasteiger partial charge in [-0.25, -0.2) is 4.79 Å². The molecule has 2 aromatic rings. The number of hydrogen-bond acceptors (Lipinski definition) is 3. The van der Waals surface area contributed by atoms with Gasteiger partial charge in [-0.15, -0.1) is 0 Å². The summed E-state index contributed by atoms with van der Waals surface area (Å²) in [6, 6.07) is 16.5. The quantitative estimate of drug-likeness (QED) is 0.603. The SMILES string of the molecule is [B]c1cccc(CCN(Cc2ccc(OC)cc2)C(=O)OCC[Si](C)(C)C)c1. The highest BCUT2D eigenvalue weighted by atomic mass is 28.3. The molecular weight excluding hydrogens is 365 g/mol. The number of rotatable bonds is 9. The van der Waals surface area contributed by atoms with Crippen molar-refractivity contribution in [2.24, 2.45) is 0 Å². The molecule has 0 bridgehead atoms. The second kappa shape index (κ2) is 10.4. The van der Waals surface area contributed by atoms with Gasteiger partial charge in [0.2, 0.25) is 0 Å². The zero-order chi connectivity index (χ0) is 20.6. The molecule has 1 amide bonds. The van der Waals surface area contributed by atoms with Crippen LogP contribution < -0.4 is 10.2 Å². The summed E-state index contributed by atoms with van der Waals surface area (Å²) in [7, 11) is 6.27. The highest BCUT2D eigenvalue weighted by molar-refractivity contribution is 6.76. The number of carbonyl (C=O) groups excluding carboxylic acids is 1. The Hall–Kier alpha value is -2.21. The predicted octanol–water partition coefficient (Wildman–Crippen LogP) is 4.01. The highest BCUT2D eigenvalue weighted by Crippen LogP contribution is 2.15. The Bertz CT molecular complexity index is 759. The first-order chi connectivity index (χ1) is 13.3. The van der Waals surface area contributed by atoms with Crippen LogP contribution in [0.1, 0.15) is 11.1 Å². The molecule has 0 saturated carbocycles. The van der Waals surface area contributed by atoms with Crippen molar-refractivity contribution < 1.29 is 14.3 Å². The summed E-state index contributed by atoms with van der Waals surface area (Å²) < 4.78 is 10.8. The lowest BCUT2D eigenvalue weighted by molar-refractivity contribution is 0.105. The lowest BCUT2D eigenvalue weighted by Crippen LogP contribution is -2.34. The molecule has 0 aliphatic carbocycles. The maximum Gasteiger partial charge on any atom is 0.410 e. The van der Waals surface area contributed by atoms with Crippen LogP contribution in [0.5, 0.6) is 5.75 Å². The van der Waals surface area contributed by atoms with Gasteiger partial charge in [0.1, 0.15) is 13.6 Å². The van der Waals surface area contributed by atoms with Gasteiger partial charge in [0.05, 0.1) is 13.7 Å². The molecule has 0 saturated heterocycles. The van der Waals surface area contributed by atoms with Crippen LogP contribution in [0.15, 0.2) is 48.5 Å². The number of benzene rings is 2. The van der Waals surface area contributed by atoms with Crippen molar-refractivity contribution in [2.75, 3.05) is 20.3 Å². The molecule has 0 unspecified atom stereocenters. The molecule has 0 N–H and O–H groups in total. The molecule has 2 rings (SSSR count). The molecule has 0 aliphatic rings. The number of ether oxygens (including phenoxy) is 2.